The van der Waals surface area contributed by atoms with Gasteiger partial charge in [-0.2, -0.15) is 10.5 Å². The van der Waals surface area contributed by atoms with E-state index in [4.69, 9.17) is 10.5 Å². The van der Waals surface area contributed by atoms with Gasteiger partial charge in [0.1, 0.15) is 0 Å². The summed E-state index contributed by atoms with van der Waals surface area (Å²) in [5, 5.41) is 44.6. The smallest absolute Gasteiger partial charge is 0.0907 e. The van der Waals surface area contributed by atoms with E-state index in [9.17, 15) is 15.3 Å². The summed E-state index contributed by atoms with van der Waals surface area (Å²) in [6.45, 7) is -0.649. The molecule has 90 valence electrons. The lowest BCUT2D eigenvalue weighted by Gasteiger charge is -2.39. The molecule has 3 N–H and O–H groups in total. The van der Waals surface area contributed by atoms with E-state index in [1.165, 1.54) is 0 Å². The first-order chi connectivity index (χ1) is 7.70. The predicted octanol–water partition coefficient (Wildman–Crippen LogP) is -1.17. The highest BCUT2D eigenvalue weighted by atomic mass is 16.3. The quantitative estimate of drug-likeness (QED) is 0.482. The van der Waals surface area contributed by atoms with Gasteiger partial charge in [0.25, 0.3) is 0 Å². The molecule has 16 heavy (non-hydrogen) atoms. The highest BCUT2D eigenvalue weighted by Gasteiger charge is 2.34. The number of nitriles is 2. The number of rotatable bonds is 8. The Morgan fingerprint density at radius 1 is 0.875 bits per heavy atom. The summed E-state index contributed by atoms with van der Waals surface area (Å²) in [5.41, 5.74) is -1.16. The molecule has 0 unspecified atom stereocenters. The summed E-state index contributed by atoms with van der Waals surface area (Å²) in [5.74, 6) is 0. The third-order valence-electron chi connectivity index (χ3n) is 2.54. The van der Waals surface area contributed by atoms with E-state index in [2.05, 4.69) is 0 Å². The molecular formula is C10H17N3O3. The first-order valence-corrected chi connectivity index (χ1v) is 5.02. The maximum atomic E-state index is 9.22. The van der Waals surface area contributed by atoms with E-state index in [0.29, 0.717) is 13.1 Å². The van der Waals surface area contributed by atoms with Gasteiger partial charge in [-0.3, -0.25) is 4.90 Å². The SMILES string of the molecule is N#CCCN(CCC#N)C(CO)(CO)CO. The number of aliphatic hydroxyl groups excluding tert-OH is 3. The zero-order chi connectivity index (χ0) is 12.4. The molecule has 6 heteroatoms. The van der Waals surface area contributed by atoms with E-state index in [1.807, 2.05) is 12.1 Å². The van der Waals surface area contributed by atoms with Crippen molar-refractivity contribution in [2.75, 3.05) is 32.9 Å². The predicted molar refractivity (Wildman–Crippen MR) is 56.0 cm³/mol. The number of hydrogen-bond donors (Lipinski definition) is 3. The fourth-order valence-corrected chi connectivity index (χ4v) is 1.41. The molecule has 0 radical (unpaired) electrons. The topological polar surface area (TPSA) is 112 Å². The van der Waals surface area contributed by atoms with Crippen LogP contribution in [0.15, 0.2) is 0 Å². The molecule has 0 aromatic heterocycles. The Hall–Kier alpha value is -1.18. The van der Waals surface area contributed by atoms with Gasteiger partial charge in [-0.05, 0) is 0 Å². The van der Waals surface area contributed by atoms with Crippen LogP contribution < -0.4 is 0 Å². The first-order valence-electron chi connectivity index (χ1n) is 5.02. The summed E-state index contributed by atoms with van der Waals surface area (Å²) in [4.78, 5) is 1.58. The Kier molecular flexibility index (Phi) is 7.44. The second kappa shape index (κ2) is 8.03. The van der Waals surface area contributed by atoms with E-state index in [1.54, 1.807) is 4.90 Å². The van der Waals surface area contributed by atoms with Crippen molar-refractivity contribution in [2.45, 2.75) is 18.4 Å². The molecule has 0 amide bonds. The van der Waals surface area contributed by atoms with Gasteiger partial charge in [0.2, 0.25) is 0 Å². The minimum Gasteiger partial charge on any atom is -0.394 e. The lowest BCUT2D eigenvalue weighted by Crippen LogP contribution is -2.57. The Bertz CT molecular complexity index is 239. The molecule has 0 aliphatic rings. The second-order valence-electron chi connectivity index (χ2n) is 3.50. The maximum Gasteiger partial charge on any atom is 0.0907 e. The molecule has 0 rings (SSSR count). The van der Waals surface area contributed by atoms with Crippen molar-refractivity contribution >= 4 is 0 Å². The van der Waals surface area contributed by atoms with Crippen molar-refractivity contribution in [1.29, 1.82) is 10.5 Å². The Labute approximate surface area is 95.0 Å². The van der Waals surface area contributed by atoms with Crippen molar-refractivity contribution in [3.05, 3.63) is 0 Å². The van der Waals surface area contributed by atoms with Crippen LogP contribution in [0.2, 0.25) is 0 Å². The molecule has 0 spiro atoms. The van der Waals surface area contributed by atoms with E-state index < -0.39 is 25.4 Å². The highest BCUT2D eigenvalue weighted by molar-refractivity contribution is 4.92. The first kappa shape index (κ1) is 14.8. The van der Waals surface area contributed by atoms with Crippen LogP contribution in [0.4, 0.5) is 0 Å². The van der Waals surface area contributed by atoms with Crippen LogP contribution in [-0.4, -0.2) is 58.7 Å². The summed E-state index contributed by atoms with van der Waals surface area (Å²) < 4.78 is 0. The van der Waals surface area contributed by atoms with Crippen molar-refractivity contribution in [3.8, 4) is 12.1 Å². The van der Waals surface area contributed by atoms with Gasteiger partial charge in [-0.15, -0.1) is 0 Å². The van der Waals surface area contributed by atoms with E-state index >= 15 is 0 Å². The molecule has 6 nitrogen and oxygen atoms in total. The normalized spacial score (nSPS) is 11.1. The summed E-state index contributed by atoms with van der Waals surface area (Å²) >= 11 is 0. The largest absolute Gasteiger partial charge is 0.394 e. The molecule has 0 fully saturated rings. The van der Waals surface area contributed by atoms with Crippen LogP contribution in [-0.2, 0) is 0 Å². The van der Waals surface area contributed by atoms with Crippen LogP contribution in [0.25, 0.3) is 0 Å². The molecule has 0 aliphatic carbocycles. The lowest BCUT2D eigenvalue weighted by atomic mass is 10.00. The molecule has 0 heterocycles. The monoisotopic (exact) mass is 227 g/mol. The second-order valence-corrected chi connectivity index (χ2v) is 3.50. The summed E-state index contributed by atoms with van der Waals surface area (Å²) in [6.07, 6.45) is 0.431. The van der Waals surface area contributed by atoms with Crippen molar-refractivity contribution in [3.63, 3.8) is 0 Å². The number of nitrogens with zero attached hydrogens (tertiary/aromatic N) is 3. The zero-order valence-electron chi connectivity index (χ0n) is 9.13. The van der Waals surface area contributed by atoms with Crippen molar-refractivity contribution in [2.24, 2.45) is 0 Å². The molecule has 0 aromatic rings. The van der Waals surface area contributed by atoms with Crippen molar-refractivity contribution < 1.29 is 15.3 Å². The molecule has 0 aromatic carbocycles. The minimum atomic E-state index is -1.16. The zero-order valence-corrected chi connectivity index (χ0v) is 9.13. The average Bonchev–Trinajstić information content (AvgIpc) is 2.34. The lowest BCUT2D eigenvalue weighted by molar-refractivity contribution is -0.0459. The minimum absolute atomic E-state index is 0.215. The van der Waals surface area contributed by atoms with E-state index in [0.717, 1.165) is 0 Å². The highest BCUT2D eigenvalue weighted by Crippen LogP contribution is 2.15. The van der Waals surface area contributed by atoms with Gasteiger partial charge < -0.3 is 15.3 Å². The van der Waals surface area contributed by atoms with E-state index in [-0.39, 0.29) is 12.8 Å². The third kappa shape index (κ3) is 3.76. The van der Waals surface area contributed by atoms with Crippen LogP contribution in [0.5, 0.6) is 0 Å². The van der Waals surface area contributed by atoms with Gasteiger partial charge in [0.05, 0.1) is 37.5 Å². The summed E-state index contributed by atoms with van der Waals surface area (Å²) in [6, 6.07) is 3.90. The van der Waals surface area contributed by atoms with Gasteiger partial charge in [0.15, 0.2) is 0 Å². The average molecular weight is 227 g/mol. The molecular weight excluding hydrogens is 210 g/mol. The molecule has 0 saturated heterocycles. The summed E-state index contributed by atoms with van der Waals surface area (Å²) in [7, 11) is 0. The number of aliphatic hydroxyl groups is 3. The Morgan fingerprint density at radius 3 is 1.50 bits per heavy atom. The fraction of sp³-hybridized carbons (Fsp3) is 0.800. The van der Waals surface area contributed by atoms with Gasteiger partial charge >= 0.3 is 0 Å². The fourth-order valence-electron chi connectivity index (χ4n) is 1.41. The van der Waals surface area contributed by atoms with Gasteiger partial charge in [-0.1, -0.05) is 0 Å². The van der Waals surface area contributed by atoms with Crippen molar-refractivity contribution in [1.82, 2.24) is 4.90 Å². The standard InChI is InChI=1S/C10H17N3O3/c11-3-1-5-13(6-2-4-12)10(7-14,8-15)9-16/h14-16H,1-2,5-9H2. The molecule has 0 atom stereocenters. The van der Waals surface area contributed by atoms with Crippen LogP contribution in [0.1, 0.15) is 12.8 Å². The number of hydrogen-bond acceptors (Lipinski definition) is 6. The van der Waals surface area contributed by atoms with Gasteiger partial charge in [-0.25, -0.2) is 0 Å². The third-order valence-corrected chi connectivity index (χ3v) is 2.54. The Morgan fingerprint density at radius 2 is 1.25 bits per heavy atom. The van der Waals surface area contributed by atoms with Crippen LogP contribution in [0.3, 0.4) is 0 Å². The molecule has 0 aliphatic heterocycles. The van der Waals surface area contributed by atoms with Crippen LogP contribution in [0, 0.1) is 22.7 Å². The van der Waals surface area contributed by atoms with Crippen LogP contribution >= 0.6 is 0 Å². The van der Waals surface area contributed by atoms with Gasteiger partial charge in [0, 0.05) is 25.9 Å². The molecule has 0 bridgehead atoms. The Balaban J connectivity index is 4.68. The maximum absolute atomic E-state index is 9.22. The molecule has 0 saturated carbocycles.